The van der Waals surface area contributed by atoms with Gasteiger partial charge < -0.3 is 4.98 Å². The fourth-order valence-electron chi connectivity index (χ4n) is 2.15. The number of rotatable bonds is 2. The van der Waals surface area contributed by atoms with Gasteiger partial charge in [0, 0.05) is 11.1 Å². The second-order valence-corrected chi connectivity index (χ2v) is 4.42. The number of nitrogens with one attached hydrogen (secondary N) is 2. The molecule has 0 atom stereocenters. The SMILES string of the molecule is c1ccc2[nH]c(-c3ccc(-c4nn[nH]n4)cc3)nc2c1. The van der Waals surface area contributed by atoms with E-state index in [-0.39, 0.29) is 0 Å². The van der Waals surface area contributed by atoms with Gasteiger partial charge in [-0.2, -0.15) is 5.21 Å². The average Bonchev–Trinajstić information content (AvgIpc) is 3.17. The van der Waals surface area contributed by atoms with Gasteiger partial charge in [0.2, 0.25) is 5.82 Å². The number of hydrogen-bond acceptors (Lipinski definition) is 4. The molecule has 0 spiro atoms. The lowest BCUT2D eigenvalue weighted by Crippen LogP contribution is -1.83. The Bertz CT molecular complexity index is 812. The summed E-state index contributed by atoms with van der Waals surface area (Å²) in [6.07, 6.45) is 0. The zero-order valence-corrected chi connectivity index (χ0v) is 10.4. The van der Waals surface area contributed by atoms with Crippen LogP contribution in [-0.4, -0.2) is 30.6 Å². The van der Waals surface area contributed by atoms with Crippen molar-refractivity contribution in [3.63, 3.8) is 0 Å². The van der Waals surface area contributed by atoms with Gasteiger partial charge in [0.25, 0.3) is 0 Å². The first-order valence-electron chi connectivity index (χ1n) is 6.19. The summed E-state index contributed by atoms with van der Waals surface area (Å²) in [5.41, 5.74) is 3.93. The molecule has 4 rings (SSSR count). The van der Waals surface area contributed by atoms with Crippen LogP contribution in [0.5, 0.6) is 0 Å². The van der Waals surface area contributed by atoms with Crippen LogP contribution in [0.15, 0.2) is 48.5 Å². The van der Waals surface area contributed by atoms with Crippen LogP contribution in [0.25, 0.3) is 33.8 Å². The van der Waals surface area contributed by atoms with E-state index in [4.69, 9.17) is 0 Å². The van der Waals surface area contributed by atoms with Crippen molar-refractivity contribution in [3.8, 4) is 22.8 Å². The number of aromatic amines is 2. The largest absolute Gasteiger partial charge is 0.338 e. The Hall–Kier alpha value is -3.02. The standard InChI is InChI=1S/C14H10N6/c1-2-4-12-11(3-1)15-13(16-12)9-5-7-10(8-6-9)14-17-19-20-18-14/h1-8H,(H,15,16)(H,17,18,19,20). The van der Waals surface area contributed by atoms with Gasteiger partial charge in [0.1, 0.15) is 5.82 Å². The van der Waals surface area contributed by atoms with Crippen LogP contribution in [0.2, 0.25) is 0 Å². The van der Waals surface area contributed by atoms with E-state index in [9.17, 15) is 0 Å². The molecule has 4 aromatic rings. The summed E-state index contributed by atoms with van der Waals surface area (Å²) in [6, 6.07) is 15.9. The third kappa shape index (κ3) is 1.74. The predicted molar refractivity (Wildman–Crippen MR) is 74.7 cm³/mol. The normalized spacial score (nSPS) is 11.0. The molecule has 0 aliphatic rings. The van der Waals surface area contributed by atoms with Gasteiger partial charge in [-0.05, 0) is 17.3 Å². The van der Waals surface area contributed by atoms with Crippen molar-refractivity contribution in [1.29, 1.82) is 0 Å². The van der Waals surface area contributed by atoms with Crippen LogP contribution in [0, 0.1) is 0 Å². The summed E-state index contributed by atoms with van der Waals surface area (Å²) in [5, 5.41) is 13.9. The van der Waals surface area contributed by atoms with E-state index in [0.29, 0.717) is 5.82 Å². The zero-order chi connectivity index (χ0) is 13.4. The molecule has 0 bridgehead atoms. The van der Waals surface area contributed by atoms with E-state index < -0.39 is 0 Å². The molecule has 0 aliphatic carbocycles. The van der Waals surface area contributed by atoms with E-state index >= 15 is 0 Å². The summed E-state index contributed by atoms with van der Waals surface area (Å²) in [5.74, 6) is 1.44. The zero-order valence-electron chi connectivity index (χ0n) is 10.4. The Kier molecular flexibility index (Phi) is 2.32. The van der Waals surface area contributed by atoms with Crippen LogP contribution in [0.3, 0.4) is 0 Å². The molecule has 2 N–H and O–H groups in total. The molecule has 6 heteroatoms. The van der Waals surface area contributed by atoms with E-state index in [1.54, 1.807) is 0 Å². The summed E-state index contributed by atoms with van der Waals surface area (Å²) in [6.45, 7) is 0. The second-order valence-electron chi connectivity index (χ2n) is 4.42. The lowest BCUT2D eigenvalue weighted by atomic mass is 10.1. The molecule has 0 unspecified atom stereocenters. The molecule has 0 radical (unpaired) electrons. The quantitative estimate of drug-likeness (QED) is 0.581. The Morgan fingerprint density at radius 2 is 1.65 bits per heavy atom. The summed E-state index contributed by atoms with van der Waals surface area (Å²) >= 11 is 0. The molecule has 2 heterocycles. The van der Waals surface area contributed by atoms with Crippen LogP contribution < -0.4 is 0 Å². The van der Waals surface area contributed by atoms with E-state index in [1.807, 2.05) is 48.5 Å². The molecule has 0 aliphatic heterocycles. The highest BCUT2D eigenvalue weighted by atomic mass is 15.5. The molecule has 2 aromatic heterocycles. The molecular weight excluding hydrogens is 252 g/mol. The monoisotopic (exact) mass is 262 g/mol. The first-order valence-corrected chi connectivity index (χ1v) is 6.19. The highest BCUT2D eigenvalue weighted by molar-refractivity contribution is 5.79. The molecule has 6 nitrogen and oxygen atoms in total. The van der Waals surface area contributed by atoms with Crippen LogP contribution in [-0.2, 0) is 0 Å². The number of H-pyrrole nitrogens is 2. The second kappa shape index (κ2) is 4.27. The van der Waals surface area contributed by atoms with Crippen LogP contribution in [0.4, 0.5) is 0 Å². The fourth-order valence-corrected chi connectivity index (χ4v) is 2.15. The maximum Gasteiger partial charge on any atom is 0.204 e. The van der Waals surface area contributed by atoms with Gasteiger partial charge in [0.15, 0.2) is 0 Å². The Morgan fingerprint density at radius 1 is 0.850 bits per heavy atom. The Balaban J connectivity index is 1.75. The number of para-hydroxylation sites is 2. The third-order valence-corrected chi connectivity index (χ3v) is 3.15. The number of tetrazole rings is 1. The van der Waals surface area contributed by atoms with Crippen LogP contribution >= 0.6 is 0 Å². The number of fused-ring (bicyclic) bond motifs is 1. The van der Waals surface area contributed by atoms with E-state index in [2.05, 4.69) is 30.6 Å². The molecule has 0 saturated heterocycles. The summed E-state index contributed by atoms with van der Waals surface area (Å²) in [7, 11) is 0. The topological polar surface area (TPSA) is 83.1 Å². The first kappa shape index (κ1) is 10.9. The fraction of sp³-hybridized carbons (Fsp3) is 0. The highest BCUT2D eigenvalue weighted by Crippen LogP contribution is 2.22. The third-order valence-electron chi connectivity index (χ3n) is 3.15. The van der Waals surface area contributed by atoms with Crippen molar-refractivity contribution in [2.75, 3.05) is 0 Å². The van der Waals surface area contributed by atoms with Gasteiger partial charge in [-0.1, -0.05) is 36.4 Å². The average molecular weight is 262 g/mol. The summed E-state index contributed by atoms with van der Waals surface area (Å²) < 4.78 is 0. The minimum absolute atomic E-state index is 0.584. The maximum atomic E-state index is 4.57. The van der Waals surface area contributed by atoms with E-state index in [0.717, 1.165) is 28.0 Å². The van der Waals surface area contributed by atoms with Gasteiger partial charge in [-0.25, -0.2) is 4.98 Å². The molecule has 96 valence electrons. The Labute approximate surface area is 113 Å². The Morgan fingerprint density at radius 3 is 2.40 bits per heavy atom. The predicted octanol–water partition coefficient (Wildman–Crippen LogP) is 2.41. The highest BCUT2D eigenvalue weighted by Gasteiger charge is 2.06. The first-order chi connectivity index (χ1) is 9.90. The van der Waals surface area contributed by atoms with Crippen molar-refractivity contribution in [2.24, 2.45) is 0 Å². The smallest absolute Gasteiger partial charge is 0.204 e. The van der Waals surface area contributed by atoms with Crippen molar-refractivity contribution in [1.82, 2.24) is 30.6 Å². The van der Waals surface area contributed by atoms with Crippen LogP contribution in [0.1, 0.15) is 0 Å². The summed E-state index contributed by atoms with van der Waals surface area (Å²) in [4.78, 5) is 7.88. The van der Waals surface area contributed by atoms with Gasteiger partial charge in [-0.3, -0.25) is 0 Å². The van der Waals surface area contributed by atoms with Crippen molar-refractivity contribution >= 4 is 11.0 Å². The molecule has 0 saturated carbocycles. The molecule has 0 fully saturated rings. The number of benzene rings is 2. The van der Waals surface area contributed by atoms with Crippen molar-refractivity contribution in [2.45, 2.75) is 0 Å². The lowest BCUT2D eigenvalue weighted by molar-refractivity contribution is 0.881. The maximum absolute atomic E-state index is 4.57. The lowest BCUT2D eigenvalue weighted by Gasteiger charge is -1.98. The van der Waals surface area contributed by atoms with Gasteiger partial charge >= 0.3 is 0 Å². The van der Waals surface area contributed by atoms with Gasteiger partial charge in [0.05, 0.1) is 11.0 Å². The minimum Gasteiger partial charge on any atom is -0.338 e. The number of aromatic nitrogens is 6. The van der Waals surface area contributed by atoms with E-state index in [1.165, 1.54) is 0 Å². The van der Waals surface area contributed by atoms with Crippen molar-refractivity contribution < 1.29 is 0 Å². The minimum atomic E-state index is 0.584. The molecule has 2 aromatic carbocycles. The number of nitrogens with zero attached hydrogens (tertiary/aromatic N) is 4. The number of hydrogen-bond donors (Lipinski definition) is 2. The molecule has 20 heavy (non-hydrogen) atoms. The van der Waals surface area contributed by atoms with Crippen molar-refractivity contribution in [3.05, 3.63) is 48.5 Å². The molecular formula is C14H10N6. The van der Waals surface area contributed by atoms with Gasteiger partial charge in [-0.15, -0.1) is 10.2 Å². The molecule has 0 amide bonds. The number of imidazole rings is 1.